The molecule has 4 aliphatic rings. The Morgan fingerprint density at radius 1 is 0.958 bits per heavy atom. The van der Waals surface area contributed by atoms with Gasteiger partial charge in [0.05, 0.1) is 6.10 Å². The number of hydrogen-bond donors (Lipinski definition) is 1. The van der Waals surface area contributed by atoms with E-state index in [4.69, 9.17) is 0 Å². The second-order valence-electron chi connectivity index (χ2n) is 10.4. The molecule has 4 aliphatic carbocycles. The maximum Gasteiger partial charge on any atom is 0.0543 e. The van der Waals surface area contributed by atoms with Crippen molar-refractivity contribution in [3.05, 3.63) is 0 Å². The smallest absolute Gasteiger partial charge is 0.0543 e. The summed E-state index contributed by atoms with van der Waals surface area (Å²) < 4.78 is 0. The zero-order valence-corrected chi connectivity index (χ0v) is 16.3. The Balaban J connectivity index is 1.51. The second-order valence-corrected chi connectivity index (χ2v) is 10.4. The zero-order valence-electron chi connectivity index (χ0n) is 16.3. The standard InChI is InChI=1S/C23H40O/c1-4-5-15(2)21-10-11-22-20-8-6-16-14-17(24)7-9-18(16)19(20)12-13-23(21,22)3/h15-22,24H,4-14H2,1-3H3/t15-,16-,17+,18?,19?,20?,21-,22?,23-/m1/s1. The second kappa shape index (κ2) is 6.60. The molecule has 1 nitrogen and oxygen atoms in total. The molecule has 1 N–H and O–H groups in total. The van der Waals surface area contributed by atoms with Crippen LogP contribution < -0.4 is 0 Å². The lowest BCUT2D eigenvalue weighted by molar-refractivity contribution is -0.0821. The quantitative estimate of drug-likeness (QED) is 0.666. The number of rotatable bonds is 3. The van der Waals surface area contributed by atoms with Crippen molar-refractivity contribution in [3.63, 3.8) is 0 Å². The highest BCUT2D eigenvalue weighted by Gasteiger charge is 2.57. The van der Waals surface area contributed by atoms with Crippen LogP contribution in [0.2, 0.25) is 0 Å². The summed E-state index contributed by atoms with van der Waals surface area (Å²) in [4.78, 5) is 0. The molecule has 9 atom stereocenters. The van der Waals surface area contributed by atoms with Crippen LogP contribution in [0.15, 0.2) is 0 Å². The van der Waals surface area contributed by atoms with Crippen LogP contribution in [-0.4, -0.2) is 11.2 Å². The molecular formula is C23H40O. The van der Waals surface area contributed by atoms with Gasteiger partial charge in [0, 0.05) is 0 Å². The highest BCUT2D eigenvalue weighted by atomic mass is 16.3. The number of aliphatic hydroxyl groups excluding tert-OH is 1. The molecule has 0 aliphatic heterocycles. The van der Waals surface area contributed by atoms with Crippen LogP contribution in [-0.2, 0) is 0 Å². The van der Waals surface area contributed by atoms with Gasteiger partial charge in [-0.15, -0.1) is 0 Å². The SMILES string of the molecule is CCC[C@@H](C)[C@H]1CCC2C3CC[C@@H]4C[C@@H](O)CCC4C3CC[C@@]21C. The van der Waals surface area contributed by atoms with Crippen LogP contribution in [0.1, 0.15) is 91.4 Å². The Kier molecular flexibility index (Phi) is 4.78. The molecule has 4 saturated carbocycles. The summed E-state index contributed by atoms with van der Waals surface area (Å²) in [7, 11) is 0. The summed E-state index contributed by atoms with van der Waals surface area (Å²) >= 11 is 0. The van der Waals surface area contributed by atoms with Gasteiger partial charge in [-0.2, -0.15) is 0 Å². The highest BCUT2D eigenvalue weighted by molar-refractivity contribution is 5.06. The van der Waals surface area contributed by atoms with Crippen molar-refractivity contribution >= 4 is 0 Å². The minimum atomic E-state index is 0.0161. The Bertz CT molecular complexity index is 445. The van der Waals surface area contributed by atoms with E-state index in [9.17, 15) is 5.11 Å². The average Bonchev–Trinajstić information content (AvgIpc) is 2.92. The predicted molar refractivity (Wildman–Crippen MR) is 101 cm³/mol. The van der Waals surface area contributed by atoms with Crippen LogP contribution >= 0.6 is 0 Å². The van der Waals surface area contributed by atoms with Gasteiger partial charge in [0.25, 0.3) is 0 Å². The molecule has 4 rings (SSSR count). The first kappa shape index (κ1) is 17.4. The Labute approximate surface area is 150 Å². The monoisotopic (exact) mass is 332 g/mol. The number of aliphatic hydroxyl groups is 1. The van der Waals surface area contributed by atoms with E-state index in [2.05, 4.69) is 20.8 Å². The van der Waals surface area contributed by atoms with Crippen molar-refractivity contribution in [2.45, 2.75) is 97.5 Å². The van der Waals surface area contributed by atoms with Gasteiger partial charge in [0.2, 0.25) is 0 Å². The summed E-state index contributed by atoms with van der Waals surface area (Å²) in [5, 5.41) is 10.1. The van der Waals surface area contributed by atoms with Crippen molar-refractivity contribution in [1.29, 1.82) is 0 Å². The van der Waals surface area contributed by atoms with Gasteiger partial charge in [0.1, 0.15) is 0 Å². The molecule has 4 unspecified atom stereocenters. The van der Waals surface area contributed by atoms with Crippen LogP contribution in [0, 0.1) is 46.8 Å². The number of hydrogen-bond acceptors (Lipinski definition) is 1. The van der Waals surface area contributed by atoms with E-state index in [0.717, 1.165) is 54.3 Å². The van der Waals surface area contributed by atoms with Crippen molar-refractivity contribution in [1.82, 2.24) is 0 Å². The molecule has 0 radical (unpaired) electrons. The maximum absolute atomic E-state index is 10.1. The van der Waals surface area contributed by atoms with E-state index in [1.807, 2.05) is 0 Å². The van der Waals surface area contributed by atoms with Gasteiger partial charge in [-0.1, -0.05) is 33.6 Å². The van der Waals surface area contributed by atoms with E-state index in [1.54, 1.807) is 0 Å². The van der Waals surface area contributed by atoms with Crippen LogP contribution in [0.5, 0.6) is 0 Å². The molecule has 1 heteroatoms. The molecule has 0 amide bonds. The molecule has 0 heterocycles. The van der Waals surface area contributed by atoms with Crippen LogP contribution in [0.3, 0.4) is 0 Å². The Morgan fingerprint density at radius 3 is 2.54 bits per heavy atom. The minimum Gasteiger partial charge on any atom is -0.393 e. The van der Waals surface area contributed by atoms with Gasteiger partial charge < -0.3 is 5.11 Å². The first-order valence-electron chi connectivity index (χ1n) is 11.2. The fraction of sp³-hybridized carbons (Fsp3) is 1.00. The first-order chi connectivity index (χ1) is 11.5. The van der Waals surface area contributed by atoms with Crippen molar-refractivity contribution in [2.24, 2.45) is 46.8 Å². The lowest BCUT2D eigenvalue weighted by Crippen LogP contribution is -2.49. The topological polar surface area (TPSA) is 20.2 Å². The molecule has 0 bridgehead atoms. The lowest BCUT2D eigenvalue weighted by atomic mass is 9.49. The fourth-order valence-electron chi connectivity index (χ4n) is 8.46. The third kappa shape index (κ3) is 2.68. The van der Waals surface area contributed by atoms with E-state index in [-0.39, 0.29) is 6.10 Å². The summed E-state index contributed by atoms with van der Waals surface area (Å²) in [6, 6.07) is 0. The van der Waals surface area contributed by atoms with E-state index in [1.165, 1.54) is 57.8 Å². The summed E-state index contributed by atoms with van der Waals surface area (Å²) in [5.74, 6) is 6.80. The normalized spacial score (nSPS) is 52.2. The summed E-state index contributed by atoms with van der Waals surface area (Å²) in [6.45, 7) is 7.60. The lowest BCUT2D eigenvalue weighted by Gasteiger charge is -2.56. The molecular weight excluding hydrogens is 292 g/mol. The van der Waals surface area contributed by atoms with Crippen LogP contribution in [0.25, 0.3) is 0 Å². The van der Waals surface area contributed by atoms with Crippen molar-refractivity contribution in [2.75, 3.05) is 0 Å². The molecule has 0 aromatic heterocycles. The highest BCUT2D eigenvalue weighted by Crippen LogP contribution is 2.65. The minimum absolute atomic E-state index is 0.0161. The molecule has 0 spiro atoms. The predicted octanol–water partition coefficient (Wildman–Crippen LogP) is 6.05. The van der Waals surface area contributed by atoms with E-state index in [0.29, 0.717) is 5.41 Å². The Hall–Kier alpha value is -0.0400. The first-order valence-corrected chi connectivity index (χ1v) is 11.2. The van der Waals surface area contributed by atoms with Gasteiger partial charge in [-0.05, 0) is 105 Å². The fourth-order valence-corrected chi connectivity index (χ4v) is 8.46. The molecule has 138 valence electrons. The summed E-state index contributed by atoms with van der Waals surface area (Å²) in [6.07, 6.45) is 15.3. The van der Waals surface area contributed by atoms with Crippen molar-refractivity contribution < 1.29 is 5.11 Å². The van der Waals surface area contributed by atoms with Gasteiger partial charge >= 0.3 is 0 Å². The molecule has 24 heavy (non-hydrogen) atoms. The van der Waals surface area contributed by atoms with Gasteiger partial charge in [-0.25, -0.2) is 0 Å². The largest absolute Gasteiger partial charge is 0.393 e. The molecule has 0 saturated heterocycles. The van der Waals surface area contributed by atoms with Crippen LogP contribution in [0.4, 0.5) is 0 Å². The van der Waals surface area contributed by atoms with Gasteiger partial charge in [0.15, 0.2) is 0 Å². The average molecular weight is 333 g/mol. The molecule has 0 aromatic carbocycles. The van der Waals surface area contributed by atoms with E-state index >= 15 is 0 Å². The Morgan fingerprint density at radius 2 is 1.75 bits per heavy atom. The summed E-state index contributed by atoms with van der Waals surface area (Å²) in [5.41, 5.74) is 0.650. The van der Waals surface area contributed by atoms with E-state index < -0.39 is 0 Å². The number of fused-ring (bicyclic) bond motifs is 5. The molecule has 4 fully saturated rings. The van der Waals surface area contributed by atoms with Crippen molar-refractivity contribution in [3.8, 4) is 0 Å². The van der Waals surface area contributed by atoms with Gasteiger partial charge in [-0.3, -0.25) is 0 Å². The third-order valence-corrected chi connectivity index (χ3v) is 9.43. The zero-order chi connectivity index (χ0) is 16.9. The maximum atomic E-state index is 10.1. The molecule has 0 aromatic rings. The third-order valence-electron chi connectivity index (χ3n) is 9.43.